The highest BCUT2D eigenvalue weighted by Crippen LogP contribution is 2.47. The van der Waals surface area contributed by atoms with E-state index in [4.69, 9.17) is 9.05 Å². The largest absolute Gasteiger partial charge is 0.472 e. The number of carbonyl (C=O) groups excluding carboxylic acids is 1. The molecule has 362 valence electrons. The standard InChI is InChI=1S/C48H88NO12P/c1-3-5-7-9-11-13-15-16-17-18-19-20-21-22-23-24-26-27-29-31-33-35-39(50)37-42(52)49-40(41(51)36-34-32-30-28-25-14-12-10-8-6-4-2)38-60-62(58,59)61-48-46(56)44(54)43(53)45(55)47(48)57/h8,10,22-23,25,28,34,36,39-41,43-48,50-51,53-57H,3-7,9,11-21,24,26-27,29-33,35,37-38H2,1-2H3,(H,49,52)(H,58,59)/b10-8+,23-22-,28-25+,36-34+. The summed E-state index contributed by atoms with van der Waals surface area (Å²) in [5, 5.41) is 74.3. The van der Waals surface area contributed by atoms with Crippen molar-refractivity contribution >= 4 is 13.7 Å². The number of phosphoric acid groups is 1. The first-order valence-corrected chi connectivity index (χ1v) is 25.7. The molecule has 0 radical (unpaired) electrons. The van der Waals surface area contributed by atoms with Crippen LogP contribution in [0.4, 0.5) is 0 Å². The Morgan fingerprint density at radius 1 is 0.565 bits per heavy atom. The molecule has 1 amide bonds. The molecule has 1 saturated carbocycles. The average molecular weight is 902 g/mol. The molecule has 0 saturated heterocycles. The van der Waals surface area contributed by atoms with Crippen LogP contribution in [0, 0.1) is 0 Å². The zero-order chi connectivity index (χ0) is 45.9. The van der Waals surface area contributed by atoms with Crippen LogP contribution < -0.4 is 5.32 Å². The van der Waals surface area contributed by atoms with Crippen LogP contribution in [0.3, 0.4) is 0 Å². The summed E-state index contributed by atoms with van der Waals surface area (Å²) in [6.07, 6.45) is 30.8. The van der Waals surface area contributed by atoms with Crippen molar-refractivity contribution in [3.8, 4) is 0 Å². The molecular weight excluding hydrogens is 813 g/mol. The summed E-state index contributed by atoms with van der Waals surface area (Å²) in [6, 6.07) is -1.27. The number of allylic oxidation sites excluding steroid dienone is 7. The maximum absolute atomic E-state index is 13.0. The van der Waals surface area contributed by atoms with E-state index in [1.54, 1.807) is 6.08 Å². The molecule has 9 N–H and O–H groups in total. The molecule has 1 fully saturated rings. The molecule has 1 aliphatic carbocycles. The maximum Gasteiger partial charge on any atom is 0.472 e. The number of carbonyl (C=O) groups is 1. The lowest BCUT2D eigenvalue weighted by Gasteiger charge is -2.41. The second kappa shape index (κ2) is 37.5. The van der Waals surface area contributed by atoms with Crippen LogP contribution in [0.2, 0.25) is 0 Å². The van der Waals surface area contributed by atoms with Gasteiger partial charge in [0.2, 0.25) is 5.91 Å². The van der Waals surface area contributed by atoms with E-state index in [2.05, 4.69) is 49.5 Å². The summed E-state index contributed by atoms with van der Waals surface area (Å²) in [7, 11) is -5.15. The highest BCUT2D eigenvalue weighted by molar-refractivity contribution is 7.47. The first-order chi connectivity index (χ1) is 29.8. The van der Waals surface area contributed by atoms with Gasteiger partial charge < -0.3 is 46.0 Å². The van der Waals surface area contributed by atoms with Crippen LogP contribution >= 0.6 is 7.82 Å². The van der Waals surface area contributed by atoms with Gasteiger partial charge in [0.25, 0.3) is 0 Å². The summed E-state index contributed by atoms with van der Waals surface area (Å²) in [5.41, 5.74) is 0. The molecule has 0 bridgehead atoms. The quantitative estimate of drug-likeness (QED) is 0.0161. The van der Waals surface area contributed by atoms with Gasteiger partial charge in [0.1, 0.15) is 36.6 Å². The third kappa shape index (κ3) is 28.9. The number of aliphatic hydroxyl groups excluding tert-OH is 7. The minimum atomic E-state index is -5.15. The first kappa shape index (κ1) is 58.3. The number of unbranched alkanes of at least 4 members (excludes halogenated alkanes) is 20. The van der Waals surface area contributed by atoms with Gasteiger partial charge in [-0.05, 0) is 64.2 Å². The third-order valence-corrected chi connectivity index (χ3v) is 12.3. The number of nitrogens with one attached hydrogen (secondary N) is 1. The topological polar surface area (TPSA) is 226 Å². The van der Waals surface area contributed by atoms with Gasteiger partial charge in [0, 0.05) is 0 Å². The molecule has 14 heteroatoms. The number of hydrogen-bond acceptors (Lipinski definition) is 11. The summed E-state index contributed by atoms with van der Waals surface area (Å²) in [4.78, 5) is 23.4. The molecule has 0 aliphatic heterocycles. The van der Waals surface area contributed by atoms with Crippen molar-refractivity contribution in [2.24, 2.45) is 0 Å². The fraction of sp³-hybridized carbons (Fsp3) is 0.812. The minimum Gasteiger partial charge on any atom is -0.393 e. The highest BCUT2D eigenvalue weighted by atomic mass is 31.2. The van der Waals surface area contributed by atoms with E-state index in [0.29, 0.717) is 19.3 Å². The minimum absolute atomic E-state index is 0.263. The molecule has 13 nitrogen and oxygen atoms in total. The third-order valence-electron chi connectivity index (χ3n) is 11.3. The SMILES string of the molecule is CCC/C=C/CC/C=C/CC/C=C/C(O)C(COP(=O)(O)OC1C(O)C(O)C(O)C(O)C1O)NC(=O)CC(O)CCCCCCC/C=C\CCCCCCCCCCCCCC. The predicted molar refractivity (Wildman–Crippen MR) is 247 cm³/mol. The van der Waals surface area contributed by atoms with Gasteiger partial charge in [-0.2, -0.15) is 0 Å². The van der Waals surface area contributed by atoms with E-state index >= 15 is 0 Å². The van der Waals surface area contributed by atoms with Gasteiger partial charge in [0.05, 0.1) is 31.3 Å². The smallest absolute Gasteiger partial charge is 0.393 e. The summed E-state index contributed by atoms with van der Waals surface area (Å²) in [6.45, 7) is 3.64. The molecule has 8 atom stereocenters. The summed E-state index contributed by atoms with van der Waals surface area (Å²) in [5.74, 6) is -0.614. The highest BCUT2D eigenvalue weighted by Gasteiger charge is 2.51. The molecule has 0 spiro atoms. The fourth-order valence-corrected chi connectivity index (χ4v) is 8.36. The first-order valence-electron chi connectivity index (χ1n) is 24.2. The van der Waals surface area contributed by atoms with Gasteiger partial charge in [-0.3, -0.25) is 13.8 Å². The molecule has 62 heavy (non-hydrogen) atoms. The Morgan fingerprint density at radius 3 is 1.48 bits per heavy atom. The Labute approximate surface area is 374 Å². The second-order valence-electron chi connectivity index (χ2n) is 17.1. The van der Waals surface area contributed by atoms with Crippen molar-refractivity contribution in [2.75, 3.05) is 6.61 Å². The summed E-state index contributed by atoms with van der Waals surface area (Å²) < 4.78 is 22.8. The van der Waals surface area contributed by atoms with Crippen LogP contribution in [0.5, 0.6) is 0 Å². The number of hydrogen-bond donors (Lipinski definition) is 9. The van der Waals surface area contributed by atoms with E-state index in [1.807, 2.05) is 6.08 Å². The molecule has 0 aromatic rings. The lowest BCUT2D eigenvalue weighted by atomic mass is 9.85. The van der Waals surface area contributed by atoms with Crippen LogP contribution in [-0.2, 0) is 18.4 Å². The fourth-order valence-electron chi connectivity index (χ4n) is 7.39. The molecule has 0 aromatic carbocycles. The van der Waals surface area contributed by atoms with E-state index in [9.17, 15) is 50.0 Å². The van der Waals surface area contributed by atoms with Gasteiger partial charge in [-0.15, -0.1) is 0 Å². The van der Waals surface area contributed by atoms with Crippen molar-refractivity contribution in [3.63, 3.8) is 0 Å². The zero-order valence-corrected chi connectivity index (χ0v) is 39.2. The molecule has 0 aromatic heterocycles. The van der Waals surface area contributed by atoms with Crippen LogP contribution in [0.1, 0.15) is 187 Å². The Bertz CT molecular complexity index is 1250. The molecule has 1 aliphatic rings. The van der Waals surface area contributed by atoms with E-state index in [1.165, 1.54) is 83.1 Å². The molecule has 0 heterocycles. The number of amides is 1. The zero-order valence-electron chi connectivity index (χ0n) is 38.3. The number of phosphoric ester groups is 1. The van der Waals surface area contributed by atoms with Gasteiger partial charge in [0.15, 0.2) is 0 Å². The predicted octanol–water partition coefficient (Wildman–Crippen LogP) is 8.31. The monoisotopic (exact) mass is 902 g/mol. The Balaban J connectivity index is 2.47. The summed E-state index contributed by atoms with van der Waals surface area (Å²) >= 11 is 0. The lowest BCUT2D eigenvalue weighted by molar-refractivity contribution is -0.220. The average Bonchev–Trinajstić information content (AvgIpc) is 3.24. The Kier molecular flexibility index (Phi) is 35.2. The van der Waals surface area contributed by atoms with Crippen molar-refractivity contribution in [1.82, 2.24) is 5.32 Å². The van der Waals surface area contributed by atoms with Crippen molar-refractivity contribution in [3.05, 3.63) is 48.6 Å². The number of rotatable bonds is 39. The van der Waals surface area contributed by atoms with Crippen LogP contribution in [0.25, 0.3) is 0 Å². The van der Waals surface area contributed by atoms with Gasteiger partial charge >= 0.3 is 7.82 Å². The van der Waals surface area contributed by atoms with Crippen molar-refractivity contribution in [1.29, 1.82) is 0 Å². The van der Waals surface area contributed by atoms with Crippen LogP contribution in [-0.4, -0.2) is 108 Å². The van der Waals surface area contributed by atoms with Crippen molar-refractivity contribution < 1.29 is 59.0 Å². The molecule has 1 rings (SSSR count). The normalized spacial score (nSPS) is 23.5. The Morgan fingerprint density at radius 2 is 0.984 bits per heavy atom. The van der Waals surface area contributed by atoms with Crippen molar-refractivity contribution in [2.45, 2.75) is 242 Å². The molecule has 8 unspecified atom stereocenters. The van der Waals surface area contributed by atoms with E-state index in [-0.39, 0.29) is 6.42 Å². The van der Waals surface area contributed by atoms with E-state index in [0.717, 1.165) is 70.6 Å². The molecular formula is C48H88NO12P. The van der Waals surface area contributed by atoms with Gasteiger partial charge in [-0.1, -0.05) is 165 Å². The number of aliphatic hydroxyl groups is 7. The lowest BCUT2D eigenvalue weighted by Crippen LogP contribution is -2.64. The van der Waals surface area contributed by atoms with E-state index < -0.39 is 75.2 Å². The Hall–Kier alpha value is -1.74. The second-order valence-corrected chi connectivity index (χ2v) is 18.5. The maximum atomic E-state index is 13.0. The van der Waals surface area contributed by atoms with Gasteiger partial charge in [-0.25, -0.2) is 4.57 Å². The van der Waals surface area contributed by atoms with Crippen LogP contribution in [0.15, 0.2) is 48.6 Å².